The number of piperidine rings is 1. The number of nitrogens with one attached hydrogen (secondary N) is 1. The molecule has 0 aliphatic carbocycles. The lowest BCUT2D eigenvalue weighted by molar-refractivity contribution is -0.0221. The maximum atomic E-state index is 14.4. The summed E-state index contributed by atoms with van der Waals surface area (Å²) in [5, 5.41) is 22.0. The third-order valence-electron chi connectivity index (χ3n) is 5.55. The second-order valence-corrected chi connectivity index (χ2v) is 8.30. The van der Waals surface area contributed by atoms with Gasteiger partial charge in [-0.15, -0.1) is 0 Å². The van der Waals surface area contributed by atoms with Crippen LogP contribution in [0.2, 0.25) is 5.15 Å². The molecule has 8 nitrogen and oxygen atoms in total. The number of pyridine rings is 1. The number of benzene rings is 1. The number of halogens is 4. The summed E-state index contributed by atoms with van der Waals surface area (Å²) in [6.07, 6.45) is -0.763. The molecule has 1 unspecified atom stereocenters. The number of carboxylic acids is 1. The molecule has 1 aromatic carbocycles. The molecule has 1 fully saturated rings. The van der Waals surface area contributed by atoms with Crippen LogP contribution in [0.1, 0.15) is 47.6 Å². The molecule has 176 valence electrons. The Hall–Kier alpha value is -3.65. The zero-order valence-electron chi connectivity index (χ0n) is 17.8. The number of nitrogens with zero attached hydrogens (tertiary/aromatic N) is 5. The third kappa shape index (κ3) is 4.68. The summed E-state index contributed by atoms with van der Waals surface area (Å²) >= 11 is 5.80. The lowest BCUT2D eigenvalue weighted by atomic mass is 10.0. The van der Waals surface area contributed by atoms with Crippen molar-refractivity contribution in [3.8, 4) is 6.07 Å². The Kier molecular flexibility index (Phi) is 6.18. The van der Waals surface area contributed by atoms with Crippen LogP contribution < -0.4 is 10.2 Å². The zero-order chi connectivity index (χ0) is 24.6. The van der Waals surface area contributed by atoms with Crippen molar-refractivity contribution >= 4 is 40.1 Å². The number of hydrogen-bond acceptors (Lipinski definition) is 7. The highest BCUT2D eigenvalue weighted by Gasteiger charge is 2.35. The molecule has 3 aromatic rings. The van der Waals surface area contributed by atoms with E-state index in [-0.39, 0.29) is 65.0 Å². The average molecular weight is 491 g/mol. The summed E-state index contributed by atoms with van der Waals surface area (Å²) in [7, 11) is 0. The summed E-state index contributed by atoms with van der Waals surface area (Å²) < 4.78 is 41.7. The lowest BCUT2D eigenvalue weighted by Crippen LogP contribution is -2.40. The highest BCUT2D eigenvalue weighted by atomic mass is 35.5. The van der Waals surface area contributed by atoms with Crippen molar-refractivity contribution in [1.82, 2.24) is 15.0 Å². The van der Waals surface area contributed by atoms with E-state index in [4.69, 9.17) is 11.6 Å². The van der Waals surface area contributed by atoms with Gasteiger partial charge in [-0.25, -0.2) is 32.9 Å². The molecule has 3 heterocycles. The first-order valence-corrected chi connectivity index (χ1v) is 10.7. The van der Waals surface area contributed by atoms with Gasteiger partial charge in [-0.2, -0.15) is 5.26 Å². The predicted octanol–water partition coefficient (Wildman–Crippen LogP) is 4.80. The molecule has 34 heavy (non-hydrogen) atoms. The summed E-state index contributed by atoms with van der Waals surface area (Å²) in [5.74, 6) is -4.57. The molecule has 0 bridgehead atoms. The normalized spacial score (nSPS) is 16.2. The van der Waals surface area contributed by atoms with Crippen molar-refractivity contribution in [2.45, 2.75) is 31.7 Å². The highest BCUT2D eigenvalue weighted by molar-refractivity contribution is 6.29. The van der Waals surface area contributed by atoms with E-state index in [1.165, 1.54) is 18.2 Å². The molecule has 0 radical (unpaired) electrons. The van der Waals surface area contributed by atoms with Crippen molar-refractivity contribution in [2.24, 2.45) is 0 Å². The van der Waals surface area contributed by atoms with Crippen molar-refractivity contribution in [3.63, 3.8) is 0 Å². The summed E-state index contributed by atoms with van der Waals surface area (Å²) in [4.78, 5) is 25.7. The second kappa shape index (κ2) is 8.95. The minimum Gasteiger partial charge on any atom is -0.476 e. The number of aromatic nitrogens is 3. The molecule has 0 spiro atoms. The van der Waals surface area contributed by atoms with Gasteiger partial charge in [0.05, 0.1) is 22.8 Å². The van der Waals surface area contributed by atoms with Crippen LogP contribution in [0.3, 0.4) is 0 Å². The van der Waals surface area contributed by atoms with Crippen LogP contribution in [0.25, 0.3) is 11.0 Å². The summed E-state index contributed by atoms with van der Waals surface area (Å²) in [6.45, 7) is 1.64. The zero-order valence-corrected chi connectivity index (χ0v) is 18.6. The first kappa shape index (κ1) is 23.5. The molecule has 0 amide bonds. The molecular weight excluding hydrogens is 473 g/mol. The molecular formula is C22H18ClF3N6O2. The fourth-order valence-corrected chi connectivity index (χ4v) is 3.99. The minimum atomic E-state index is -2.78. The Morgan fingerprint density at radius 1 is 1.26 bits per heavy atom. The van der Waals surface area contributed by atoms with E-state index in [0.29, 0.717) is 5.56 Å². The van der Waals surface area contributed by atoms with Crippen LogP contribution in [0.5, 0.6) is 0 Å². The van der Waals surface area contributed by atoms with Gasteiger partial charge in [0.25, 0.3) is 5.92 Å². The molecule has 2 aromatic heterocycles. The van der Waals surface area contributed by atoms with Crippen molar-refractivity contribution in [2.75, 3.05) is 23.3 Å². The second-order valence-electron chi connectivity index (χ2n) is 7.91. The number of nitriles is 1. The van der Waals surface area contributed by atoms with Gasteiger partial charge < -0.3 is 15.3 Å². The Balaban J connectivity index is 1.77. The van der Waals surface area contributed by atoms with Crippen molar-refractivity contribution in [3.05, 3.63) is 52.2 Å². The van der Waals surface area contributed by atoms with E-state index >= 15 is 0 Å². The quantitative estimate of drug-likeness (QED) is 0.490. The number of alkyl halides is 2. The largest absolute Gasteiger partial charge is 0.476 e. The van der Waals surface area contributed by atoms with Crippen LogP contribution in [0.4, 0.5) is 24.7 Å². The third-order valence-corrected chi connectivity index (χ3v) is 5.76. The van der Waals surface area contributed by atoms with Crippen LogP contribution in [0.15, 0.2) is 24.3 Å². The molecule has 2 N–H and O–H groups in total. The summed E-state index contributed by atoms with van der Waals surface area (Å²) in [6, 6.07) is 6.44. The Morgan fingerprint density at radius 3 is 2.62 bits per heavy atom. The molecule has 4 rings (SSSR count). The number of carboxylic acid groups (broad SMARTS) is 1. The maximum absolute atomic E-state index is 14.4. The van der Waals surface area contributed by atoms with Gasteiger partial charge in [0.2, 0.25) is 0 Å². The van der Waals surface area contributed by atoms with E-state index in [1.54, 1.807) is 11.8 Å². The minimum absolute atomic E-state index is 0.00143. The van der Waals surface area contributed by atoms with Gasteiger partial charge in [0, 0.05) is 37.6 Å². The van der Waals surface area contributed by atoms with E-state index in [2.05, 4.69) is 20.3 Å². The van der Waals surface area contributed by atoms with E-state index < -0.39 is 23.8 Å². The van der Waals surface area contributed by atoms with Crippen LogP contribution in [0, 0.1) is 17.1 Å². The number of carbonyl (C=O) groups is 1. The predicted molar refractivity (Wildman–Crippen MR) is 119 cm³/mol. The topological polar surface area (TPSA) is 115 Å². The van der Waals surface area contributed by atoms with Crippen LogP contribution in [-0.2, 0) is 0 Å². The Morgan fingerprint density at radius 2 is 1.97 bits per heavy atom. The van der Waals surface area contributed by atoms with Gasteiger partial charge in [0.15, 0.2) is 17.2 Å². The fourth-order valence-electron chi connectivity index (χ4n) is 3.84. The number of hydrogen-bond donors (Lipinski definition) is 2. The van der Waals surface area contributed by atoms with E-state index in [9.17, 15) is 28.3 Å². The molecule has 1 aliphatic heterocycles. The molecule has 1 saturated heterocycles. The standard InChI is InChI=1S/C22H18ClF3N6O2/c1-11(28-14-2-3-17(23)30-19(14)21(33)34)13-8-12(24)9-15-18(13)31-20(16(10-27)29-15)32-6-4-22(25,26)5-7-32/h2-3,8-9,11,28H,4-7H2,1H3,(H,33,34). The molecule has 0 saturated carbocycles. The SMILES string of the molecule is CC(Nc1ccc(Cl)nc1C(=O)O)c1cc(F)cc2nc(C#N)c(N3CCC(F)(F)CC3)nc12. The van der Waals surface area contributed by atoms with Gasteiger partial charge in [-0.05, 0) is 25.1 Å². The maximum Gasteiger partial charge on any atom is 0.356 e. The molecule has 1 atom stereocenters. The Bertz CT molecular complexity index is 1320. The van der Waals surface area contributed by atoms with Crippen LogP contribution >= 0.6 is 11.6 Å². The number of anilines is 2. The highest BCUT2D eigenvalue weighted by Crippen LogP contribution is 2.33. The van der Waals surface area contributed by atoms with E-state index in [0.717, 1.165) is 6.07 Å². The molecule has 1 aliphatic rings. The van der Waals surface area contributed by atoms with Crippen LogP contribution in [-0.4, -0.2) is 45.0 Å². The Labute approximate surface area is 197 Å². The number of aromatic carboxylic acids is 1. The number of rotatable bonds is 5. The average Bonchev–Trinajstić information content (AvgIpc) is 2.78. The monoisotopic (exact) mass is 490 g/mol. The van der Waals surface area contributed by atoms with Gasteiger partial charge in [0.1, 0.15) is 17.0 Å². The first-order chi connectivity index (χ1) is 16.1. The van der Waals surface area contributed by atoms with Gasteiger partial charge in [-0.1, -0.05) is 11.6 Å². The van der Waals surface area contributed by atoms with E-state index in [1.807, 2.05) is 6.07 Å². The molecule has 12 heteroatoms. The van der Waals surface area contributed by atoms with Crippen molar-refractivity contribution in [1.29, 1.82) is 5.26 Å². The lowest BCUT2D eigenvalue weighted by Gasteiger charge is -2.32. The summed E-state index contributed by atoms with van der Waals surface area (Å²) in [5.41, 5.74) is 0.451. The fraction of sp³-hybridized carbons (Fsp3) is 0.318. The first-order valence-electron chi connectivity index (χ1n) is 10.3. The van der Waals surface area contributed by atoms with Gasteiger partial charge >= 0.3 is 5.97 Å². The smallest absolute Gasteiger partial charge is 0.356 e. The number of fused-ring (bicyclic) bond motifs is 1. The van der Waals surface area contributed by atoms with Crippen molar-refractivity contribution < 1.29 is 23.1 Å². The van der Waals surface area contributed by atoms with Gasteiger partial charge in [-0.3, -0.25) is 0 Å².